The average Bonchev–Trinajstić information content (AvgIpc) is 2.58. The summed E-state index contributed by atoms with van der Waals surface area (Å²) in [4.78, 5) is 13.8. The van der Waals surface area contributed by atoms with Gasteiger partial charge in [-0.05, 0) is 25.8 Å². The molecular formula is C12H25N3O. The zero-order chi connectivity index (χ0) is 11.8. The van der Waals surface area contributed by atoms with Crippen molar-refractivity contribution in [3.63, 3.8) is 0 Å². The molecule has 3 N–H and O–H groups in total. The van der Waals surface area contributed by atoms with Gasteiger partial charge in [0.15, 0.2) is 0 Å². The lowest BCUT2D eigenvalue weighted by molar-refractivity contribution is 0.168. The molecule has 4 nitrogen and oxygen atoms in total. The molecule has 1 rings (SSSR count). The predicted molar refractivity (Wildman–Crippen MR) is 66.3 cm³/mol. The first kappa shape index (κ1) is 13.3. The lowest BCUT2D eigenvalue weighted by Gasteiger charge is -2.30. The summed E-state index contributed by atoms with van der Waals surface area (Å²) in [6.45, 7) is 1.45. The maximum absolute atomic E-state index is 11.8. The van der Waals surface area contributed by atoms with E-state index in [-0.39, 0.29) is 6.03 Å². The normalized spacial score (nSPS) is 17.9. The Morgan fingerprint density at radius 2 is 1.94 bits per heavy atom. The molecule has 0 heterocycles. The second-order valence-electron chi connectivity index (χ2n) is 4.54. The van der Waals surface area contributed by atoms with E-state index in [9.17, 15) is 4.79 Å². The van der Waals surface area contributed by atoms with Crippen LogP contribution in [0.3, 0.4) is 0 Å². The Balaban J connectivity index is 2.54. The Bertz CT molecular complexity index is 200. The molecule has 0 atom stereocenters. The van der Waals surface area contributed by atoms with E-state index in [1.54, 1.807) is 7.05 Å². The van der Waals surface area contributed by atoms with Gasteiger partial charge >= 0.3 is 6.03 Å². The molecule has 1 fully saturated rings. The highest BCUT2D eigenvalue weighted by molar-refractivity contribution is 5.74. The van der Waals surface area contributed by atoms with E-state index in [0.717, 1.165) is 25.8 Å². The largest absolute Gasteiger partial charge is 0.341 e. The van der Waals surface area contributed by atoms with Crippen LogP contribution in [0, 0.1) is 0 Å². The molecule has 1 aliphatic rings. The fraction of sp³-hybridized carbons (Fsp3) is 0.917. The molecule has 0 saturated heterocycles. The number of nitrogens with two attached hydrogens (primary N) is 1. The van der Waals surface area contributed by atoms with Crippen LogP contribution in [-0.4, -0.2) is 37.1 Å². The van der Waals surface area contributed by atoms with Crippen molar-refractivity contribution in [2.75, 3.05) is 20.1 Å². The van der Waals surface area contributed by atoms with Crippen LogP contribution in [0.15, 0.2) is 0 Å². The van der Waals surface area contributed by atoms with Crippen LogP contribution in [0.2, 0.25) is 0 Å². The average molecular weight is 227 g/mol. The predicted octanol–water partition coefficient (Wildman–Crippen LogP) is 1.70. The number of amides is 2. The van der Waals surface area contributed by atoms with Gasteiger partial charge in [0, 0.05) is 19.6 Å². The molecule has 0 bridgehead atoms. The van der Waals surface area contributed by atoms with Crippen LogP contribution in [0.1, 0.15) is 44.9 Å². The topological polar surface area (TPSA) is 58.4 Å². The van der Waals surface area contributed by atoms with Crippen LogP contribution in [0.4, 0.5) is 4.79 Å². The molecule has 0 aromatic carbocycles. The van der Waals surface area contributed by atoms with E-state index in [1.165, 1.54) is 25.7 Å². The molecule has 1 saturated carbocycles. The number of rotatable bonds is 4. The van der Waals surface area contributed by atoms with E-state index in [2.05, 4.69) is 5.32 Å². The maximum atomic E-state index is 11.8. The number of hydrogen-bond acceptors (Lipinski definition) is 2. The molecule has 1 aliphatic carbocycles. The smallest absolute Gasteiger partial charge is 0.317 e. The third-order valence-corrected chi connectivity index (χ3v) is 3.34. The number of carbonyl (C=O) groups is 1. The van der Waals surface area contributed by atoms with Gasteiger partial charge in [0.1, 0.15) is 0 Å². The van der Waals surface area contributed by atoms with Crippen LogP contribution in [-0.2, 0) is 0 Å². The quantitative estimate of drug-likeness (QED) is 0.718. The maximum Gasteiger partial charge on any atom is 0.317 e. The Hall–Kier alpha value is -0.770. The molecular weight excluding hydrogens is 202 g/mol. The molecule has 0 radical (unpaired) electrons. The van der Waals surface area contributed by atoms with Crippen LogP contribution in [0.5, 0.6) is 0 Å². The molecule has 0 aromatic heterocycles. The number of carbonyl (C=O) groups excluding carboxylic acids is 1. The molecule has 4 heteroatoms. The Morgan fingerprint density at radius 3 is 2.44 bits per heavy atom. The molecule has 94 valence electrons. The van der Waals surface area contributed by atoms with Gasteiger partial charge < -0.3 is 16.0 Å². The van der Waals surface area contributed by atoms with Gasteiger partial charge in [0.05, 0.1) is 0 Å². The standard InChI is InChI=1S/C12H25N3O/c1-14-12(16)15(10-6-9-13)11-7-4-2-3-5-8-11/h11H,2-10,13H2,1H3,(H,14,16). The third kappa shape index (κ3) is 4.00. The first-order valence-corrected chi connectivity index (χ1v) is 6.48. The summed E-state index contributed by atoms with van der Waals surface area (Å²) in [5.41, 5.74) is 5.52. The molecule has 16 heavy (non-hydrogen) atoms. The fourth-order valence-corrected chi connectivity index (χ4v) is 2.42. The highest BCUT2D eigenvalue weighted by atomic mass is 16.2. The van der Waals surface area contributed by atoms with Crippen molar-refractivity contribution in [2.45, 2.75) is 51.0 Å². The van der Waals surface area contributed by atoms with Crippen molar-refractivity contribution in [3.05, 3.63) is 0 Å². The number of nitrogens with one attached hydrogen (secondary N) is 1. The summed E-state index contributed by atoms with van der Waals surface area (Å²) >= 11 is 0. The number of hydrogen-bond donors (Lipinski definition) is 2. The summed E-state index contributed by atoms with van der Waals surface area (Å²) in [5.74, 6) is 0. The number of nitrogens with zero attached hydrogens (tertiary/aromatic N) is 1. The summed E-state index contributed by atoms with van der Waals surface area (Å²) in [6, 6.07) is 0.481. The Morgan fingerprint density at radius 1 is 1.31 bits per heavy atom. The highest BCUT2D eigenvalue weighted by Crippen LogP contribution is 2.22. The van der Waals surface area contributed by atoms with Gasteiger partial charge in [-0.25, -0.2) is 4.79 Å². The van der Waals surface area contributed by atoms with Gasteiger partial charge in [0.25, 0.3) is 0 Å². The van der Waals surface area contributed by atoms with Crippen molar-refractivity contribution < 1.29 is 4.79 Å². The molecule has 0 aromatic rings. The molecule has 0 unspecified atom stereocenters. The Kier molecular flexibility index (Phi) is 6.23. The van der Waals surface area contributed by atoms with Gasteiger partial charge in [-0.3, -0.25) is 0 Å². The monoisotopic (exact) mass is 227 g/mol. The van der Waals surface area contributed by atoms with Crippen LogP contribution in [0.25, 0.3) is 0 Å². The Labute approximate surface area is 98.6 Å². The first-order chi connectivity index (χ1) is 7.79. The fourth-order valence-electron chi connectivity index (χ4n) is 2.42. The van der Waals surface area contributed by atoms with Crippen molar-refractivity contribution in [1.82, 2.24) is 10.2 Å². The lowest BCUT2D eigenvalue weighted by atomic mass is 10.1. The second-order valence-corrected chi connectivity index (χ2v) is 4.54. The minimum absolute atomic E-state index is 0.0559. The summed E-state index contributed by atoms with van der Waals surface area (Å²) in [6.07, 6.45) is 8.32. The third-order valence-electron chi connectivity index (χ3n) is 3.34. The van der Waals surface area contributed by atoms with Crippen LogP contribution >= 0.6 is 0 Å². The van der Waals surface area contributed by atoms with Gasteiger partial charge in [-0.1, -0.05) is 25.7 Å². The SMILES string of the molecule is CNC(=O)N(CCCN)C1CCCCCC1. The number of urea groups is 1. The first-order valence-electron chi connectivity index (χ1n) is 6.48. The summed E-state index contributed by atoms with van der Waals surface area (Å²) in [5, 5.41) is 2.74. The van der Waals surface area contributed by atoms with Crippen LogP contribution < -0.4 is 11.1 Å². The minimum atomic E-state index is 0.0559. The van der Waals surface area contributed by atoms with E-state index in [1.807, 2.05) is 4.90 Å². The molecule has 0 aliphatic heterocycles. The minimum Gasteiger partial charge on any atom is -0.341 e. The summed E-state index contributed by atoms with van der Waals surface area (Å²) in [7, 11) is 1.70. The molecule has 2 amide bonds. The van der Waals surface area contributed by atoms with E-state index < -0.39 is 0 Å². The van der Waals surface area contributed by atoms with Gasteiger partial charge in [-0.15, -0.1) is 0 Å². The highest BCUT2D eigenvalue weighted by Gasteiger charge is 2.23. The van der Waals surface area contributed by atoms with Crippen molar-refractivity contribution in [3.8, 4) is 0 Å². The van der Waals surface area contributed by atoms with Crippen molar-refractivity contribution >= 4 is 6.03 Å². The van der Waals surface area contributed by atoms with Gasteiger partial charge in [0.2, 0.25) is 0 Å². The zero-order valence-corrected chi connectivity index (χ0v) is 10.4. The van der Waals surface area contributed by atoms with E-state index in [0.29, 0.717) is 12.6 Å². The summed E-state index contributed by atoms with van der Waals surface area (Å²) < 4.78 is 0. The van der Waals surface area contributed by atoms with Crippen molar-refractivity contribution in [2.24, 2.45) is 5.73 Å². The van der Waals surface area contributed by atoms with E-state index >= 15 is 0 Å². The second kappa shape index (κ2) is 7.49. The van der Waals surface area contributed by atoms with E-state index in [4.69, 9.17) is 5.73 Å². The van der Waals surface area contributed by atoms with Crippen molar-refractivity contribution in [1.29, 1.82) is 0 Å². The lowest BCUT2D eigenvalue weighted by Crippen LogP contribution is -2.45. The zero-order valence-electron chi connectivity index (χ0n) is 10.4. The molecule has 0 spiro atoms. The van der Waals surface area contributed by atoms with Gasteiger partial charge in [-0.2, -0.15) is 0 Å².